The zero-order chi connectivity index (χ0) is 21.0. The highest BCUT2D eigenvalue weighted by Gasteiger charge is 2.32. The summed E-state index contributed by atoms with van der Waals surface area (Å²) in [6, 6.07) is 16.0. The Morgan fingerprint density at radius 1 is 1.03 bits per heavy atom. The van der Waals surface area contributed by atoms with E-state index in [2.05, 4.69) is 0 Å². The number of ether oxygens (including phenoxy) is 1. The van der Waals surface area contributed by atoms with Crippen LogP contribution in [0.4, 0.5) is 0 Å². The maximum absolute atomic E-state index is 13.0. The Balaban J connectivity index is 1.75. The average molecular weight is 417 g/mol. The molecule has 0 bridgehead atoms. The van der Waals surface area contributed by atoms with Crippen molar-refractivity contribution in [3.63, 3.8) is 0 Å². The van der Waals surface area contributed by atoms with Crippen molar-refractivity contribution < 1.29 is 17.9 Å². The summed E-state index contributed by atoms with van der Waals surface area (Å²) in [5.74, 6) is -0.117. The molecule has 1 amide bonds. The molecule has 156 valence electrons. The molecule has 1 saturated heterocycles. The molecule has 29 heavy (non-hydrogen) atoms. The van der Waals surface area contributed by atoms with Crippen molar-refractivity contribution in [3.05, 3.63) is 65.7 Å². The summed E-state index contributed by atoms with van der Waals surface area (Å²) < 4.78 is 33.0. The number of sulfonamides is 1. The van der Waals surface area contributed by atoms with Crippen LogP contribution in [0, 0.1) is 0 Å². The van der Waals surface area contributed by atoms with E-state index in [1.807, 2.05) is 51.1 Å². The lowest BCUT2D eigenvalue weighted by Gasteiger charge is -2.34. The summed E-state index contributed by atoms with van der Waals surface area (Å²) in [6.07, 6.45) is -0.295. The predicted molar refractivity (Wildman–Crippen MR) is 112 cm³/mol. The Hall–Kier alpha value is -2.22. The topological polar surface area (TPSA) is 66.9 Å². The number of hydrogen-bond acceptors (Lipinski definition) is 4. The Labute approximate surface area is 173 Å². The fourth-order valence-corrected chi connectivity index (χ4v) is 5.15. The van der Waals surface area contributed by atoms with Crippen LogP contribution in [-0.2, 0) is 21.3 Å². The lowest BCUT2D eigenvalue weighted by Crippen LogP contribution is -2.48. The third kappa shape index (κ3) is 5.04. The molecule has 0 spiro atoms. The maximum Gasteiger partial charge on any atom is 0.254 e. The molecule has 2 aromatic carbocycles. The van der Waals surface area contributed by atoms with Gasteiger partial charge in [-0.2, -0.15) is 4.31 Å². The van der Waals surface area contributed by atoms with Gasteiger partial charge in [0.2, 0.25) is 10.0 Å². The van der Waals surface area contributed by atoms with E-state index in [0.29, 0.717) is 31.7 Å². The highest BCUT2D eigenvalue weighted by molar-refractivity contribution is 7.89. The zero-order valence-corrected chi connectivity index (χ0v) is 17.9. The fraction of sp³-hybridized carbons (Fsp3) is 0.409. The number of benzene rings is 2. The standard InChI is InChI=1S/C22H28N2O4S/c1-4-23(16-19-8-6-5-7-9-19)22(25)20-10-12-21(13-11-20)29(26,27)24-14-17(2)28-18(3)15-24/h5-13,17-18H,4,14-16H2,1-3H3/t17-,18+. The maximum atomic E-state index is 13.0. The first-order valence-electron chi connectivity index (χ1n) is 9.90. The molecule has 0 aromatic heterocycles. The molecule has 1 aliphatic rings. The molecule has 0 unspecified atom stereocenters. The number of carbonyl (C=O) groups excluding carboxylic acids is 1. The molecule has 6 nitrogen and oxygen atoms in total. The summed E-state index contributed by atoms with van der Waals surface area (Å²) in [5, 5.41) is 0. The highest BCUT2D eigenvalue weighted by Crippen LogP contribution is 2.22. The highest BCUT2D eigenvalue weighted by atomic mass is 32.2. The fourth-order valence-electron chi connectivity index (χ4n) is 3.56. The Kier molecular flexibility index (Phi) is 6.72. The van der Waals surface area contributed by atoms with Crippen LogP contribution in [-0.4, -0.2) is 55.4 Å². The van der Waals surface area contributed by atoms with Crippen molar-refractivity contribution in [1.29, 1.82) is 0 Å². The molecule has 0 aliphatic carbocycles. The minimum absolute atomic E-state index is 0.117. The largest absolute Gasteiger partial charge is 0.373 e. The van der Waals surface area contributed by atoms with E-state index >= 15 is 0 Å². The molecule has 3 rings (SSSR count). The van der Waals surface area contributed by atoms with E-state index in [9.17, 15) is 13.2 Å². The number of carbonyl (C=O) groups is 1. The lowest BCUT2D eigenvalue weighted by atomic mass is 10.1. The summed E-state index contributed by atoms with van der Waals surface area (Å²) >= 11 is 0. The Morgan fingerprint density at radius 2 is 1.62 bits per heavy atom. The molecule has 1 fully saturated rings. The zero-order valence-electron chi connectivity index (χ0n) is 17.1. The van der Waals surface area contributed by atoms with Crippen LogP contribution in [0.3, 0.4) is 0 Å². The number of morpholine rings is 1. The summed E-state index contributed by atoms with van der Waals surface area (Å²) in [5.41, 5.74) is 1.53. The quantitative estimate of drug-likeness (QED) is 0.726. The van der Waals surface area contributed by atoms with Gasteiger partial charge in [0.05, 0.1) is 17.1 Å². The normalized spacial score (nSPS) is 20.4. The first kappa shape index (κ1) is 21.5. The summed E-state index contributed by atoms with van der Waals surface area (Å²) in [6.45, 7) is 7.40. The van der Waals surface area contributed by atoms with Gasteiger partial charge in [0.25, 0.3) is 5.91 Å². The van der Waals surface area contributed by atoms with Crippen molar-refractivity contribution in [2.45, 2.75) is 44.4 Å². The molecular formula is C22H28N2O4S. The van der Waals surface area contributed by atoms with Crippen molar-refractivity contribution >= 4 is 15.9 Å². The van der Waals surface area contributed by atoms with Crippen molar-refractivity contribution in [2.24, 2.45) is 0 Å². The van der Waals surface area contributed by atoms with E-state index in [1.54, 1.807) is 17.0 Å². The molecule has 2 atom stereocenters. The van der Waals surface area contributed by atoms with Crippen LogP contribution in [0.25, 0.3) is 0 Å². The van der Waals surface area contributed by atoms with Crippen LogP contribution in [0.15, 0.2) is 59.5 Å². The van der Waals surface area contributed by atoms with Gasteiger partial charge in [-0.1, -0.05) is 30.3 Å². The van der Waals surface area contributed by atoms with Gasteiger partial charge < -0.3 is 9.64 Å². The van der Waals surface area contributed by atoms with Gasteiger partial charge in [0.15, 0.2) is 0 Å². The number of nitrogens with zero attached hydrogens (tertiary/aromatic N) is 2. The van der Waals surface area contributed by atoms with Gasteiger partial charge in [0.1, 0.15) is 0 Å². The predicted octanol–water partition coefficient (Wildman–Crippen LogP) is 3.15. The molecule has 0 saturated carbocycles. The van der Waals surface area contributed by atoms with Crippen LogP contribution in [0.5, 0.6) is 0 Å². The van der Waals surface area contributed by atoms with Gasteiger partial charge in [0, 0.05) is 31.7 Å². The van der Waals surface area contributed by atoms with Gasteiger partial charge in [-0.3, -0.25) is 4.79 Å². The molecule has 1 aliphatic heterocycles. The molecule has 0 N–H and O–H groups in total. The van der Waals surface area contributed by atoms with E-state index in [1.165, 1.54) is 16.4 Å². The third-order valence-electron chi connectivity index (χ3n) is 5.01. The van der Waals surface area contributed by atoms with E-state index in [-0.39, 0.29) is 23.0 Å². The molecule has 2 aromatic rings. The van der Waals surface area contributed by atoms with E-state index < -0.39 is 10.0 Å². The van der Waals surface area contributed by atoms with Crippen LogP contribution >= 0.6 is 0 Å². The second-order valence-corrected chi connectivity index (χ2v) is 9.35. The molecule has 7 heteroatoms. The van der Waals surface area contributed by atoms with Gasteiger partial charge in [-0.15, -0.1) is 0 Å². The first-order valence-corrected chi connectivity index (χ1v) is 11.3. The molecule has 0 radical (unpaired) electrons. The van der Waals surface area contributed by atoms with Crippen molar-refractivity contribution in [1.82, 2.24) is 9.21 Å². The van der Waals surface area contributed by atoms with Crippen LogP contribution in [0.2, 0.25) is 0 Å². The third-order valence-corrected chi connectivity index (χ3v) is 6.86. The minimum atomic E-state index is -3.62. The van der Waals surface area contributed by atoms with Gasteiger partial charge >= 0.3 is 0 Å². The van der Waals surface area contributed by atoms with Gasteiger partial charge in [-0.05, 0) is 50.6 Å². The second kappa shape index (κ2) is 9.07. The smallest absolute Gasteiger partial charge is 0.254 e. The lowest BCUT2D eigenvalue weighted by molar-refractivity contribution is -0.0440. The average Bonchev–Trinajstić information content (AvgIpc) is 2.71. The molecular weight excluding hydrogens is 388 g/mol. The van der Waals surface area contributed by atoms with Crippen LogP contribution in [0.1, 0.15) is 36.7 Å². The summed E-state index contributed by atoms with van der Waals surface area (Å²) in [7, 11) is -3.62. The minimum Gasteiger partial charge on any atom is -0.373 e. The monoisotopic (exact) mass is 416 g/mol. The van der Waals surface area contributed by atoms with Crippen LogP contribution < -0.4 is 0 Å². The van der Waals surface area contributed by atoms with E-state index in [0.717, 1.165) is 5.56 Å². The van der Waals surface area contributed by atoms with Gasteiger partial charge in [-0.25, -0.2) is 8.42 Å². The SMILES string of the molecule is CCN(Cc1ccccc1)C(=O)c1ccc(S(=O)(=O)N2C[C@@H](C)O[C@@H](C)C2)cc1. The first-order chi connectivity index (χ1) is 13.8. The van der Waals surface area contributed by atoms with Crippen molar-refractivity contribution in [3.8, 4) is 0 Å². The number of hydrogen-bond donors (Lipinski definition) is 0. The number of amides is 1. The summed E-state index contributed by atoms with van der Waals surface area (Å²) in [4.78, 5) is 14.8. The Morgan fingerprint density at radius 3 is 2.17 bits per heavy atom. The van der Waals surface area contributed by atoms with Crippen molar-refractivity contribution in [2.75, 3.05) is 19.6 Å². The Bertz CT molecular complexity index is 919. The molecule has 1 heterocycles. The van der Waals surface area contributed by atoms with E-state index in [4.69, 9.17) is 4.74 Å². The second-order valence-electron chi connectivity index (χ2n) is 7.41. The number of rotatable bonds is 6.